The van der Waals surface area contributed by atoms with Crippen LogP contribution in [0.5, 0.6) is 0 Å². The van der Waals surface area contributed by atoms with Crippen LogP contribution in [-0.2, 0) is 9.84 Å². The molecule has 0 aliphatic rings. The molecule has 1 N–H and O–H groups in total. The zero-order chi connectivity index (χ0) is 9.03. The fourth-order valence-electron chi connectivity index (χ4n) is 0.654. The fraction of sp³-hybridized carbons (Fsp3) is 0.500. The van der Waals surface area contributed by atoms with Gasteiger partial charge < -0.3 is 5.32 Å². The molecule has 0 atom stereocenters. The van der Waals surface area contributed by atoms with E-state index in [4.69, 9.17) is 0 Å². The summed E-state index contributed by atoms with van der Waals surface area (Å²) in [6.45, 7) is 0.423. The molecule has 12 heavy (non-hydrogen) atoms. The zero-order valence-electron chi connectivity index (χ0n) is 6.65. The lowest BCUT2D eigenvalue weighted by Crippen LogP contribution is -2.13. The van der Waals surface area contributed by atoms with Gasteiger partial charge in [0.2, 0.25) is 0 Å². The second kappa shape index (κ2) is 3.86. The highest BCUT2D eigenvalue weighted by Gasteiger charge is 2.01. The van der Waals surface area contributed by atoms with Crippen molar-refractivity contribution >= 4 is 26.3 Å². The molecule has 0 unspecified atom stereocenters. The van der Waals surface area contributed by atoms with E-state index in [0.717, 1.165) is 5.13 Å². The first-order chi connectivity index (χ1) is 5.58. The second-order valence-electron chi connectivity index (χ2n) is 2.39. The number of nitrogens with zero attached hydrogens (tertiary/aromatic N) is 1. The number of rotatable bonds is 4. The van der Waals surface area contributed by atoms with Gasteiger partial charge in [0.1, 0.15) is 9.84 Å². The Balaban J connectivity index is 2.29. The van der Waals surface area contributed by atoms with Crippen molar-refractivity contribution in [1.29, 1.82) is 0 Å². The first-order valence-corrected chi connectivity index (χ1v) is 6.33. The van der Waals surface area contributed by atoms with E-state index < -0.39 is 9.84 Å². The molecule has 0 saturated heterocycles. The van der Waals surface area contributed by atoms with E-state index in [1.165, 1.54) is 17.6 Å². The predicted molar refractivity (Wildman–Crippen MR) is 50.3 cm³/mol. The van der Waals surface area contributed by atoms with Gasteiger partial charge in [-0.15, -0.1) is 11.3 Å². The third-order valence-corrected chi connectivity index (χ3v) is 2.86. The summed E-state index contributed by atoms with van der Waals surface area (Å²) in [5.74, 6) is 0.145. The minimum Gasteiger partial charge on any atom is -0.361 e. The molecule has 0 spiro atoms. The molecule has 0 amide bonds. The van der Waals surface area contributed by atoms with Gasteiger partial charge in [-0.3, -0.25) is 0 Å². The largest absolute Gasteiger partial charge is 0.361 e. The number of aromatic nitrogens is 1. The van der Waals surface area contributed by atoms with Gasteiger partial charge in [0.05, 0.1) is 5.75 Å². The van der Waals surface area contributed by atoms with Crippen LogP contribution in [0.4, 0.5) is 5.13 Å². The highest BCUT2D eigenvalue weighted by molar-refractivity contribution is 7.90. The molecule has 0 radical (unpaired) electrons. The van der Waals surface area contributed by atoms with Gasteiger partial charge in [-0.1, -0.05) is 0 Å². The maximum Gasteiger partial charge on any atom is 0.182 e. The SMILES string of the molecule is CS(=O)(=O)CCNc1nccs1. The maximum absolute atomic E-state index is 10.7. The Labute approximate surface area is 75.6 Å². The van der Waals surface area contributed by atoms with Gasteiger partial charge in [0, 0.05) is 24.4 Å². The Hall–Kier alpha value is -0.620. The first kappa shape index (κ1) is 9.47. The van der Waals surface area contributed by atoms with Crippen LogP contribution in [0.1, 0.15) is 0 Å². The van der Waals surface area contributed by atoms with Crippen LogP contribution in [0, 0.1) is 0 Å². The number of hydrogen-bond donors (Lipinski definition) is 1. The Morgan fingerprint density at radius 2 is 2.42 bits per heavy atom. The lowest BCUT2D eigenvalue weighted by molar-refractivity contribution is 0.602. The predicted octanol–water partition coefficient (Wildman–Crippen LogP) is 0.600. The number of anilines is 1. The van der Waals surface area contributed by atoms with Gasteiger partial charge in [-0.25, -0.2) is 13.4 Å². The van der Waals surface area contributed by atoms with E-state index in [2.05, 4.69) is 10.3 Å². The summed E-state index contributed by atoms with van der Waals surface area (Å²) in [5, 5.41) is 5.51. The molecule has 1 heterocycles. The van der Waals surface area contributed by atoms with Crippen molar-refractivity contribution in [2.45, 2.75) is 0 Å². The average Bonchev–Trinajstić information content (AvgIpc) is 2.36. The van der Waals surface area contributed by atoms with E-state index in [-0.39, 0.29) is 5.75 Å². The van der Waals surface area contributed by atoms with Crippen molar-refractivity contribution in [2.75, 3.05) is 23.9 Å². The number of sulfone groups is 1. The Morgan fingerprint density at radius 1 is 1.67 bits per heavy atom. The van der Waals surface area contributed by atoms with Crippen LogP contribution in [0.3, 0.4) is 0 Å². The van der Waals surface area contributed by atoms with Crippen molar-refractivity contribution in [3.8, 4) is 0 Å². The normalized spacial score (nSPS) is 11.4. The van der Waals surface area contributed by atoms with Crippen molar-refractivity contribution in [3.63, 3.8) is 0 Å². The monoisotopic (exact) mass is 206 g/mol. The summed E-state index contributed by atoms with van der Waals surface area (Å²) in [5.41, 5.74) is 0. The Bertz CT molecular complexity index is 317. The molecule has 0 aliphatic carbocycles. The molecule has 4 nitrogen and oxygen atoms in total. The second-order valence-corrected chi connectivity index (χ2v) is 5.55. The summed E-state index contributed by atoms with van der Waals surface area (Å²) in [6, 6.07) is 0. The lowest BCUT2D eigenvalue weighted by Gasteiger charge is -1.99. The van der Waals surface area contributed by atoms with Crippen LogP contribution >= 0.6 is 11.3 Å². The minimum absolute atomic E-state index is 0.145. The van der Waals surface area contributed by atoms with Crippen LogP contribution in [-0.4, -0.2) is 32.0 Å². The van der Waals surface area contributed by atoms with Gasteiger partial charge in [0.25, 0.3) is 0 Å². The zero-order valence-corrected chi connectivity index (χ0v) is 8.28. The summed E-state index contributed by atoms with van der Waals surface area (Å²) in [7, 11) is -2.86. The van der Waals surface area contributed by atoms with Gasteiger partial charge in [-0.2, -0.15) is 0 Å². The third kappa shape index (κ3) is 3.68. The molecule has 0 aliphatic heterocycles. The van der Waals surface area contributed by atoms with Crippen molar-refractivity contribution in [3.05, 3.63) is 11.6 Å². The standard InChI is InChI=1S/C6H10N2O2S2/c1-12(9,10)5-3-8-6-7-2-4-11-6/h2,4H,3,5H2,1H3,(H,7,8). The number of thiazole rings is 1. The quantitative estimate of drug-likeness (QED) is 0.783. The molecular formula is C6H10N2O2S2. The van der Waals surface area contributed by atoms with Crippen LogP contribution in [0.25, 0.3) is 0 Å². The Kier molecular flexibility index (Phi) is 3.05. The molecule has 0 saturated carbocycles. The smallest absolute Gasteiger partial charge is 0.182 e. The first-order valence-electron chi connectivity index (χ1n) is 3.39. The topological polar surface area (TPSA) is 59.1 Å². The molecule has 1 aromatic heterocycles. The lowest BCUT2D eigenvalue weighted by atomic mass is 10.7. The molecule has 1 aromatic rings. The van der Waals surface area contributed by atoms with Crippen LogP contribution in [0.2, 0.25) is 0 Å². The molecule has 0 bridgehead atoms. The number of nitrogens with one attached hydrogen (secondary N) is 1. The highest BCUT2D eigenvalue weighted by atomic mass is 32.2. The van der Waals surface area contributed by atoms with E-state index in [9.17, 15) is 8.42 Å². The summed E-state index contributed by atoms with van der Waals surface area (Å²) in [4.78, 5) is 3.95. The molecular weight excluding hydrogens is 196 g/mol. The number of hydrogen-bond acceptors (Lipinski definition) is 5. The third-order valence-electron chi connectivity index (χ3n) is 1.18. The van der Waals surface area contributed by atoms with Crippen molar-refractivity contribution in [1.82, 2.24) is 4.98 Å². The van der Waals surface area contributed by atoms with Gasteiger partial charge >= 0.3 is 0 Å². The van der Waals surface area contributed by atoms with Crippen LogP contribution < -0.4 is 5.32 Å². The van der Waals surface area contributed by atoms with Crippen molar-refractivity contribution in [2.24, 2.45) is 0 Å². The maximum atomic E-state index is 10.7. The molecule has 68 valence electrons. The van der Waals surface area contributed by atoms with Gasteiger partial charge in [-0.05, 0) is 0 Å². The van der Waals surface area contributed by atoms with E-state index in [0.29, 0.717) is 6.54 Å². The van der Waals surface area contributed by atoms with Crippen molar-refractivity contribution < 1.29 is 8.42 Å². The van der Waals surface area contributed by atoms with E-state index >= 15 is 0 Å². The molecule has 0 aromatic carbocycles. The summed E-state index contributed by atoms with van der Waals surface area (Å²) in [6.07, 6.45) is 2.89. The fourth-order valence-corrected chi connectivity index (χ4v) is 1.68. The minimum atomic E-state index is -2.86. The highest BCUT2D eigenvalue weighted by Crippen LogP contribution is 2.09. The Morgan fingerprint density at radius 3 is 2.92 bits per heavy atom. The van der Waals surface area contributed by atoms with Gasteiger partial charge in [0.15, 0.2) is 5.13 Å². The van der Waals surface area contributed by atoms with Crippen LogP contribution in [0.15, 0.2) is 11.6 Å². The average molecular weight is 206 g/mol. The van der Waals surface area contributed by atoms with E-state index in [1.807, 2.05) is 5.38 Å². The molecule has 1 rings (SSSR count). The summed E-state index contributed by atoms with van der Waals surface area (Å²) >= 11 is 1.46. The molecule has 6 heteroatoms. The van der Waals surface area contributed by atoms with E-state index in [1.54, 1.807) is 6.20 Å². The molecule has 0 fully saturated rings. The summed E-state index contributed by atoms with van der Waals surface area (Å²) < 4.78 is 21.4.